The number of aryl methyl sites for hydroxylation is 1. The molecule has 1 N–H and O–H groups in total. The van der Waals surface area contributed by atoms with Crippen molar-refractivity contribution in [3.05, 3.63) is 82.8 Å². The first-order valence-corrected chi connectivity index (χ1v) is 17.0. The van der Waals surface area contributed by atoms with Crippen LogP contribution in [0.2, 0.25) is 0 Å². The zero-order chi connectivity index (χ0) is 33.2. The maximum absolute atomic E-state index is 15.3. The van der Waals surface area contributed by atoms with Crippen LogP contribution in [0.15, 0.2) is 48.7 Å². The molecule has 0 radical (unpaired) electrons. The lowest BCUT2D eigenvalue weighted by Crippen LogP contribution is -2.30. The Morgan fingerprint density at radius 3 is 2.20 bits per heavy atom. The molecule has 0 unspecified atom stereocenters. The molecule has 5 rings (SSSR count). The Labute approximate surface area is 266 Å². The van der Waals surface area contributed by atoms with Crippen molar-refractivity contribution in [3.63, 3.8) is 0 Å². The number of nitrogens with one attached hydrogen (secondary N) is 1. The lowest BCUT2D eigenvalue weighted by molar-refractivity contribution is -0.156. The maximum Gasteiger partial charge on any atom is 0.306 e. The number of benzene rings is 2. The number of nitrogens with zero attached hydrogens (tertiary/aromatic N) is 3. The summed E-state index contributed by atoms with van der Waals surface area (Å²) in [5.41, 5.74) is 1.01. The number of halogens is 3. The molecule has 4 aromatic rings. The Bertz CT molecular complexity index is 1830. The largest absolute Gasteiger partial charge is 0.460 e. The topological polar surface area (TPSA) is 111 Å². The standard InChI is InChI=1S/C34H37F3N4O4S/c1-20-13-28(31-26(36)14-23(15-27(31)37)19-46(43,44)18-22-5-9-24(35)10-6-22)40-29-17-38-33(41-32(20)29)39-25-11-7-21(8-12-25)16-30(42)45-34(2,3)4/h5-6,9-10,13-15,17,21,25H,7-8,11-12,16,18-19H2,1-4H3,(H,38,39,41). The van der Waals surface area contributed by atoms with Crippen molar-refractivity contribution in [2.24, 2.45) is 5.92 Å². The third kappa shape index (κ3) is 8.60. The first kappa shape index (κ1) is 33.3. The number of hydrogen-bond acceptors (Lipinski definition) is 8. The van der Waals surface area contributed by atoms with E-state index in [0.717, 1.165) is 49.9 Å². The van der Waals surface area contributed by atoms with E-state index in [1.807, 2.05) is 20.8 Å². The molecule has 2 heterocycles. The minimum absolute atomic E-state index is 0.0355. The Balaban J connectivity index is 1.26. The van der Waals surface area contributed by atoms with E-state index in [-0.39, 0.29) is 34.7 Å². The second-order valence-electron chi connectivity index (χ2n) is 13.0. The van der Waals surface area contributed by atoms with Gasteiger partial charge in [-0.05, 0) is 106 Å². The number of rotatable bonds is 9. The van der Waals surface area contributed by atoms with E-state index < -0.39 is 44.4 Å². The molecule has 244 valence electrons. The summed E-state index contributed by atoms with van der Waals surface area (Å²) < 4.78 is 74.6. The zero-order valence-electron chi connectivity index (χ0n) is 26.2. The first-order valence-electron chi connectivity index (χ1n) is 15.2. The molecule has 1 saturated carbocycles. The summed E-state index contributed by atoms with van der Waals surface area (Å²) in [6.07, 6.45) is 5.38. The zero-order valence-corrected chi connectivity index (χ0v) is 27.1. The summed E-state index contributed by atoms with van der Waals surface area (Å²) in [4.78, 5) is 25.6. The van der Waals surface area contributed by atoms with Crippen LogP contribution < -0.4 is 5.32 Å². The average molecular weight is 655 g/mol. The van der Waals surface area contributed by atoms with Crippen LogP contribution in [0.3, 0.4) is 0 Å². The molecule has 2 aromatic heterocycles. The molecule has 8 nitrogen and oxygen atoms in total. The van der Waals surface area contributed by atoms with Crippen molar-refractivity contribution >= 4 is 32.8 Å². The van der Waals surface area contributed by atoms with Crippen molar-refractivity contribution in [2.45, 2.75) is 82.9 Å². The predicted octanol–water partition coefficient (Wildman–Crippen LogP) is 7.24. The normalized spacial score (nSPS) is 17.2. The van der Waals surface area contributed by atoms with Crippen LogP contribution in [-0.4, -0.2) is 41.0 Å². The van der Waals surface area contributed by atoms with Crippen LogP contribution in [0, 0.1) is 30.3 Å². The summed E-state index contributed by atoms with van der Waals surface area (Å²) in [6, 6.07) is 8.68. The molecule has 2 aromatic carbocycles. The van der Waals surface area contributed by atoms with Gasteiger partial charge in [-0.15, -0.1) is 0 Å². The molecule has 1 aliphatic rings. The monoisotopic (exact) mass is 654 g/mol. The van der Waals surface area contributed by atoms with Gasteiger partial charge in [-0.1, -0.05) is 12.1 Å². The smallest absolute Gasteiger partial charge is 0.306 e. The average Bonchev–Trinajstić information content (AvgIpc) is 2.94. The van der Waals surface area contributed by atoms with Crippen molar-refractivity contribution in [2.75, 3.05) is 5.32 Å². The van der Waals surface area contributed by atoms with Gasteiger partial charge in [-0.3, -0.25) is 4.79 Å². The molecule has 0 bridgehead atoms. The minimum atomic E-state index is -3.79. The fourth-order valence-electron chi connectivity index (χ4n) is 5.79. The second kappa shape index (κ2) is 13.4. The summed E-state index contributed by atoms with van der Waals surface area (Å²) in [5, 5.41) is 3.37. The van der Waals surface area contributed by atoms with E-state index in [0.29, 0.717) is 34.5 Å². The van der Waals surface area contributed by atoms with Crippen LogP contribution in [0.5, 0.6) is 0 Å². The van der Waals surface area contributed by atoms with Crippen LogP contribution in [-0.2, 0) is 30.9 Å². The van der Waals surface area contributed by atoms with Gasteiger partial charge in [0, 0.05) is 12.5 Å². The van der Waals surface area contributed by atoms with Crippen molar-refractivity contribution in [1.82, 2.24) is 15.0 Å². The summed E-state index contributed by atoms with van der Waals surface area (Å²) in [7, 11) is -3.79. The van der Waals surface area contributed by atoms with E-state index in [2.05, 4.69) is 20.3 Å². The van der Waals surface area contributed by atoms with Gasteiger partial charge in [0.1, 0.15) is 28.6 Å². The van der Waals surface area contributed by atoms with E-state index in [1.165, 1.54) is 24.4 Å². The van der Waals surface area contributed by atoms with E-state index in [4.69, 9.17) is 4.74 Å². The Morgan fingerprint density at radius 1 is 0.935 bits per heavy atom. The second-order valence-corrected chi connectivity index (χ2v) is 15.1. The predicted molar refractivity (Wildman–Crippen MR) is 170 cm³/mol. The van der Waals surface area contributed by atoms with Crippen molar-refractivity contribution in [1.29, 1.82) is 0 Å². The molecule has 12 heteroatoms. The number of sulfone groups is 1. The van der Waals surface area contributed by atoms with Crippen molar-refractivity contribution in [3.8, 4) is 11.3 Å². The first-order chi connectivity index (χ1) is 21.6. The molecular formula is C34H37F3N4O4S. The highest BCUT2D eigenvalue weighted by Gasteiger charge is 2.26. The molecule has 1 aliphatic carbocycles. The van der Waals surface area contributed by atoms with Gasteiger partial charge in [-0.25, -0.2) is 36.5 Å². The van der Waals surface area contributed by atoms with Gasteiger partial charge in [0.2, 0.25) is 5.95 Å². The van der Waals surface area contributed by atoms with E-state index in [9.17, 15) is 17.6 Å². The SMILES string of the molecule is Cc1cc(-c2c(F)cc(CS(=O)(=O)Cc3ccc(F)cc3)cc2F)nc2cnc(NC3CCC(CC(=O)OC(C)(C)C)CC3)nc12. The molecule has 0 amide bonds. The van der Waals surface area contributed by atoms with Crippen LogP contribution >= 0.6 is 0 Å². The number of aromatic nitrogens is 3. The fraction of sp³-hybridized carbons (Fsp3) is 0.412. The van der Waals surface area contributed by atoms with Gasteiger partial charge in [0.15, 0.2) is 9.84 Å². The number of carbonyl (C=O) groups is 1. The Morgan fingerprint density at radius 2 is 1.57 bits per heavy atom. The molecule has 46 heavy (non-hydrogen) atoms. The highest BCUT2D eigenvalue weighted by atomic mass is 32.2. The maximum atomic E-state index is 15.3. The number of carbonyl (C=O) groups excluding carboxylic acids is 1. The highest BCUT2D eigenvalue weighted by molar-refractivity contribution is 7.89. The summed E-state index contributed by atoms with van der Waals surface area (Å²) >= 11 is 0. The van der Waals surface area contributed by atoms with E-state index >= 15 is 8.78 Å². The van der Waals surface area contributed by atoms with E-state index in [1.54, 1.807) is 6.92 Å². The number of anilines is 1. The van der Waals surface area contributed by atoms with Gasteiger partial charge in [0.25, 0.3) is 0 Å². The van der Waals surface area contributed by atoms with Crippen LogP contribution in [0.1, 0.15) is 69.6 Å². The number of ether oxygens (including phenoxy) is 1. The Hall–Kier alpha value is -4.06. The Kier molecular flexibility index (Phi) is 9.67. The third-order valence-corrected chi connectivity index (χ3v) is 9.38. The highest BCUT2D eigenvalue weighted by Crippen LogP contribution is 2.32. The molecule has 0 saturated heterocycles. The molecule has 1 fully saturated rings. The van der Waals surface area contributed by atoms with Gasteiger partial charge in [-0.2, -0.15) is 0 Å². The van der Waals surface area contributed by atoms with Gasteiger partial charge in [0.05, 0.1) is 34.5 Å². The van der Waals surface area contributed by atoms with Crippen LogP contribution in [0.4, 0.5) is 19.1 Å². The number of esters is 1. The molecule has 0 spiro atoms. The van der Waals surface area contributed by atoms with Gasteiger partial charge >= 0.3 is 5.97 Å². The minimum Gasteiger partial charge on any atom is -0.460 e. The van der Waals surface area contributed by atoms with Crippen LogP contribution in [0.25, 0.3) is 22.3 Å². The third-order valence-electron chi connectivity index (χ3n) is 7.84. The summed E-state index contributed by atoms with van der Waals surface area (Å²) in [6.45, 7) is 7.34. The fourth-order valence-corrected chi connectivity index (χ4v) is 7.26. The number of fused-ring (bicyclic) bond motifs is 1. The lowest BCUT2D eigenvalue weighted by atomic mass is 9.84. The number of pyridine rings is 1. The molecule has 0 atom stereocenters. The lowest BCUT2D eigenvalue weighted by Gasteiger charge is -2.29. The quantitative estimate of drug-likeness (QED) is 0.188. The van der Waals surface area contributed by atoms with Gasteiger partial charge < -0.3 is 10.1 Å². The van der Waals surface area contributed by atoms with Crippen molar-refractivity contribution < 1.29 is 31.1 Å². The molecule has 0 aliphatic heterocycles. The summed E-state index contributed by atoms with van der Waals surface area (Å²) in [5.74, 6) is -2.84. The molecular weight excluding hydrogens is 617 g/mol. The number of hydrogen-bond donors (Lipinski definition) is 1.